The van der Waals surface area contributed by atoms with E-state index < -0.39 is 0 Å². The zero-order valence-electron chi connectivity index (χ0n) is 16.7. The summed E-state index contributed by atoms with van der Waals surface area (Å²) in [6.07, 6.45) is 4.35. The molecule has 1 aromatic carbocycles. The molecule has 0 spiro atoms. The summed E-state index contributed by atoms with van der Waals surface area (Å²) in [6.45, 7) is 0.825. The molecule has 158 valence electrons. The van der Waals surface area contributed by atoms with Crippen LogP contribution in [-0.2, 0) is 6.42 Å². The third kappa shape index (κ3) is 3.71. The van der Waals surface area contributed by atoms with Gasteiger partial charge in [-0.1, -0.05) is 18.2 Å². The van der Waals surface area contributed by atoms with Crippen molar-refractivity contribution in [2.45, 2.75) is 12.5 Å². The molecule has 5 N–H and O–H groups in total. The Morgan fingerprint density at radius 1 is 1.16 bits per heavy atom. The van der Waals surface area contributed by atoms with Crippen LogP contribution in [-0.4, -0.2) is 50.8 Å². The van der Waals surface area contributed by atoms with Gasteiger partial charge in [-0.15, -0.1) is 0 Å². The van der Waals surface area contributed by atoms with Gasteiger partial charge in [0, 0.05) is 29.8 Å². The lowest BCUT2D eigenvalue weighted by atomic mass is 10.1. The first kappa shape index (κ1) is 19.1. The van der Waals surface area contributed by atoms with Gasteiger partial charge in [0.25, 0.3) is 5.56 Å². The maximum Gasteiger partial charge on any atom is 0.259 e. The van der Waals surface area contributed by atoms with E-state index in [0.29, 0.717) is 36.1 Å². The van der Waals surface area contributed by atoms with Crippen LogP contribution in [0.5, 0.6) is 5.75 Å². The number of fused-ring (bicyclic) bond motifs is 2. The highest BCUT2D eigenvalue weighted by atomic mass is 16.5. The van der Waals surface area contributed by atoms with Crippen molar-refractivity contribution < 1.29 is 9.84 Å². The summed E-state index contributed by atoms with van der Waals surface area (Å²) in [5.74, 6) is 1.73. The van der Waals surface area contributed by atoms with Crippen LogP contribution in [0.4, 0.5) is 11.6 Å². The molecule has 3 aromatic heterocycles. The number of H-pyrrole nitrogens is 2. The van der Waals surface area contributed by atoms with Crippen molar-refractivity contribution in [1.29, 1.82) is 0 Å². The SMILES string of the molecule is O=c1[nH]cccc1-c1nc(NCCc2c[nH]c3ccccc23)c2c(n1)N[C@H](CO)CO2. The van der Waals surface area contributed by atoms with E-state index in [9.17, 15) is 9.90 Å². The maximum atomic E-state index is 12.3. The Hall–Kier alpha value is -3.85. The summed E-state index contributed by atoms with van der Waals surface area (Å²) >= 11 is 0. The van der Waals surface area contributed by atoms with Gasteiger partial charge in [0.15, 0.2) is 17.5 Å². The van der Waals surface area contributed by atoms with Gasteiger partial charge in [0.05, 0.1) is 18.2 Å². The number of aromatic nitrogens is 4. The molecule has 0 amide bonds. The zero-order chi connectivity index (χ0) is 21.2. The number of nitrogens with zero attached hydrogens (tertiary/aromatic N) is 2. The Morgan fingerprint density at radius 3 is 2.94 bits per heavy atom. The molecule has 1 aliphatic rings. The van der Waals surface area contributed by atoms with Crippen LogP contribution in [0.1, 0.15) is 5.56 Å². The van der Waals surface area contributed by atoms with Gasteiger partial charge in [-0.05, 0) is 30.2 Å². The molecule has 0 radical (unpaired) electrons. The number of hydrogen-bond acceptors (Lipinski definition) is 7. The number of anilines is 2. The van der Waals surface area contributed by atoms with Crippen molar-refractivity contribution in [3.8, 4) is 17.1 Å². The monoisotopic (exact) mass is 418 g/mol. The molecule has 0 bridgehead atoms. The maximum absolute atomic E-state index is 12.3. The van der Waals surface area contributed by atoms with E-state index in [-0.39, 0.29) is 24.0 Å². The summed E-state index contributed by atoms with van der Waals surface area (Å²) in [5.41, 5.74) is 2.38. The van der Waals surface area contributed by atoms with Gasteiger partial charge in [-0.3, -0.25) is 4.79 Å². The Kier molecular flexibility index (Phi) is 5.01. The smallest absolute Gasteiger partial charge is 0.259 e. The van der Waals surface area contributed by atoms with E-state index in [0.717, 1.165) is 11.9 Å². The van der Waals surface area contributed by atoms with E-state index in [1.54, 1.807) is 18.3 Å². The number of aliphatic hydroxyl groups is 1. The lowest BCUT2D eigenvalue weighted by molar-refractivity contribution is 0.207. The van der Waals surface area contributed by atoms with Gasteiger partial charge in [-0.2, -0.15) is 0 Å². The van der Waals surface area contributed by atoms with Crippen molar-refractivity contribution in [3.05, 3.63) is 64.7 Å². The fraction of sp³-hybridized carbons (Fsp3) is 0.227. The minimum atomic E-state index is -0.275. The van der Waals surface area contributed by atoms with Crippen LogP contribution in [0.2, 0.25) is 0 Å². The second-order valence-electron chi connectivity index (χ2n) is 7.36. The molecule has 0 aliphatic carbocycles. The number of pyridine rings is 1. The molecular weight excluding hydrogens is 396 g/mol. The van der Waals surface area contributed by atoms with Crippen LogP contribution in [0, 0.1) is 0 Å². The summed E-state index contributed by atoms with van der Waals surface area (Å²) in [7, 11) is 0. The molecule has 0 fully saturated rings. The van der Waals surface area contributed by atoms with Crippen LogP contribution < -0.4 is 20.9 Å². The zero-order valence-corrected chi connectivity index (χ0v) is 16.7. The standard InChI is InChI=1S/C22H22N6O3/c29-11-14-12-31-18-20(23-9-7-13-10-25-17-6-2-1-4-15(13)17)27-19(28-21(18)26-14)16-5-3-8-24-22(16)30/h1-6,8,10,14,25,29H,7,9,11-12H2,(H,24,30)(H2,23,26,27,28)/t14-/m1/s1. The summed E-state index contributed by atoms with van der Waals surface area (Å²) in [4.78, 5) is 27.2. The number of aliphatic hydroxyl groups excluding tert-OH is 1. The molecule has 31 heavy (non-hydrogen) atoms. The highest BCUT2D eigenvalue weighted by Crippen LogP contribution is 2.35. The molecule has 0 saturated carbocycles. The Bertz CT molecular complexity index is 1280. The predicted octanol–water partition coefficient (Wildman–Crippen LogP) is 2.13. The van der Waals surface area contributed by atoms with E-state index in [4.69, 9.17) is 4.74 Å². The summed E-state index contributed by atoms with van der Waals surface area (Å²) < 4.78 is 5.84. The van der Waals surface area contributed by atoms with Crippen molar-refractivity contribution >= 4 is 22.5 Å². The first-order valence-electron chi connectivity index (χ1n) is 10.1. The summed E-state index contributed by atoms with van der Waals surface area (Å²) in [6, 6.07) is 11.3. The molecule has 4 aromatic rings. The number of hydrogen-bond donors (Lipinski definition) is 5. The quantitative estimate of drug-likeness (QED) is 0.324. The lowest BCUT2D eigenvalue weighted by Gasteiger charge is -2.27. The molecule has 5 rings (SSSR count). The van der Waals surface area contributed by atoms with Gasteiger partial charge in [0.1, 0.15) is 6.61 Å². The fourth-order valence-corrected chi connectivity index (χ4v) is 3.69. The average Bonchev–Trinajstić information content (AvgIpc) is 3.22. The topological polar surface area (TPSA) is 128 Å². The number of aromatic amines is 2. The molecular formula is C22H22N6O3. The Labute approximate surface area is 177 Å². The first-order chi connectivity index (χ1) is 15.2. The molecule has 0 saturated heterocycles. The predicted molar refractivity (Wildman–Crippen MR) is 119 cm³/mol. The van der Waals surface area contributed by atoms with E-state index in [1.165, 1.54) is 10.9 Å². The second kappa shape index (κ2) is 8.11. The molecule has 1 atom stereocenters. The van der Waals surface area contributed by atoms with Crippen LogP contribution in [0.3, 0.4) is 0 Å². The van der Waals surface area contributed by atoms with Crippen molar-refractivity contribution in [1.82, 2.24) is 19.9 Å². The minimum Gasteiger partial charge on any atom is -0.484 e. The minimum absolute atomic E-state index is 0.0893. The highest BCUT2D eigenvalue weighted by molar-refractivity contribution is 5.83. The Balaban J connectivity index is 1.44. The van der Waals surface area contributed by atoms with Gasteiger partial charge < -0.3 is 30.4 Å². The number of para-hydroxylation sites is 1. The van der Waals surface area contributed by atoms with Gasteiger partial charge in [0.2, 0.25) is 5.75 Å². The second-order valence-corrected chi connectivity index (χ2v) is 7.36. The average molecular weight is 418 g/mol. The summed E-state index contributed by atoms with van der Waals surface area (Å²) in [5, 5.41) is 17.2. The number of benzene rings is 1. The number of rotatable bonds is 6. The third-order valence-corrected chi connectivity index (χ3v) is 5.28. The van der Waals surface area contributed by atoms with Crippen LogP contribution >= 0.6 is 0 Å². The Morgan fingerprint density at radius 2 is 2.06 bits per heavy atom. The molecule has 4 heterocycles. The first-order valence-corrected chi connectivity index (χ1v) is 10.1. The third-order valence-electron chi connectivity index (χ3n) is 5.28. The van der Waals surface area contributed by atoms with Gasteiger partial charge >= 0.3 is 0 Å². The largest absolute Gasteiger partial charge is 0.484 e. The number of ether oxygens (including phenoxy) is 1. The van der Waals surface area contributed by atoms with E-state index in [1.807, 2.05) is 24.4 Å². The molecule has 9 heteroatoms. The van der Waals surface area contributed by atoms with Crippen molar-refractivity contribution in [3.63, 3.8) is 0 Å². The lowest BCUT2D eigenvalue weighted by Crippen LogP contribution is -2.35. The van der Waals surface area contributed by atoms with Crippen LogP contribution in [0.25, 0.3) is 22.3 Å². The van der Waals surface area contributed by atoms with Crippen LogP contribution in [0.15, 0.2) is 53.6 Å². The molecule has 9 nitrogen and oxygen atoms in total. The normalized spacial score (nSPS) is 15.2. The van der Waals surface area contributed by atoms with Crippen molar-refractivity contribution in [2.24, 2.45) is 0 Å². The van der Waals surface area contributed by atoms with Gasteiger partial charge in [-0.25, -0.2) is 9.97 Å². The highest BCUT2D eigenvalue weighted by Gasteiger charge is 2.25. The van der Waals surface area contributed by atoms with Crippen molar-refractivity contribution in [2.75, 3.05) is 30.4 Å². The van der Waals surface area contributed by atoms with E-state index in [2.05, 4.69) is 36.6 Å². The molecule has 0 unspecified atom stereocenters. The van der Waals surface area contributed by atoms with E-state index >= 15 is 0 Å². The fourth-order valence-electron chi connectivity index (χ4n) is 3.69. The molecule has 1 aliphatic heterocycles. The number of nitrogens with one attached hydrogen (secondary N) is 4.